The Hall–Kier alpha value is -1.16. The minimum atomic E-state index is -3.34. The van der Waals surface area contributed by atoms with Gasteiger partial charge in [-0.3, -0.25) is 5.73 Å². The lowest BCUT2D eigenvalue weighted by molar-refractivity contribution is 0.000743. The summed E-state index contributed by atoms with van der Waals surface area (Å²) in [5.41, 5.74) is 4.32. The number of methoxy groups -OCH3 is 1. The monoisotopic (exact) mass is 173 g/mol. The van der Waals surface area contributed by atoms with Crippen LogP contribution in [-0.4, -0.2) is 7.11 Å². The Kier molecular flexibility index (Phi) is 2.28. The van der Waals surface area contributed by atoms with Crippen molar-refractivity contribution in [2.45, 2.75) is 6.05 Å². The molecule has 1 aromatic rings. The van der Waals surface area contributed by atoms with Gasteiger partial charge in [-0.15, -0.1) is 0 Å². The molecule has 0 bridgehead atoms. The fourth-order valence-corrected chi connectivity index (χ4v) is 0.920. The van der Waals surface area contributed by atoms with E-state index in [1.165, 1.54) is 25.3 Å². The average molecular weight is 173 g/mol. The molecule has 0 spiro atoms. The van der Waals surface area contributed by atoms with Gasteiger partial charge >= 0.3 is 6.05 Å². The molecule has 0 aliphatic carbocycles. The van der Waals surface area contributed by atoms with E-state index >= 15 is 0 Å². The van der Waals surface area contributed by atoms with Gasteiger partial charge in [0.1, 0.15) is 5.75 Å². The van der Waals surface area contributed by atoms with Gasteiger partial charge in [0, 0.05) is 0 Å². The number of halogens is 2. The minimum absolute atomic E-state index is 0.102. The van der Waals surface area contributed by atoms with Gasteiger partial charge in [-0.05, 0) is 12.1 Å². The minimum Gasteiger partial charge on any atom is -0.496 e. The Labute approximate surface area is 68.9 Å². The van der Waals surface area contributed by atoms with Gasteiger partial charge in [-0.2, -0.15) is 8.78 Å². The number of rotatable bonds is 2. The summed E-state index contributed by atoms with van der Waals surface area (Å²) in [6, 6.07) is 2.42. The van der Waals surface area contributed by atoms with Crippen molar-refractivity contribution in [1.29, 1.82) is 0 Å². The first-order chi connectivity index (χ1) is 5.55. The molecule has 0 heterocycles. The molecular weight excluding hydrogens is 164 g/mol. The van der Waals surface area contributed by atoms with Gasteiger partial charge < -0.3 is 4.74 Å². The van der Waals surface area contributed by atoms with E-state index in [2.05, 4.69) is 5.73 Å². The molecule has 0 amide bonds. The molecule has 0 unspecified atom stereocenters. The Morgan fingerprint density at radius 1 is 1.33 bits per heavy atom. The second kappa shape index (κ2) is 3.06. The van der Waals surface area contributed by atoms with Crippen molar-refractivity contribution >= 4 is 0 Å². The second-order valence-corrected chi connectivity index (χ2v) is 2.32. The molecule has 0 aromatic heterocycles. The summed E-state index contributed by atoms with van der Waals surface area (Å²) in [6.45, 7) is 0. The highest BCUT2D eigenvalue weighted by Crippen LogP contribution is 2.29. The highest BCUT2D eigenvalue weighted by molar-refractivity contribution is 5.35. The van der Waals surface area contributed by atoms with Crippen LogP contribution in [0.15, 0.2) is 24.3 Å². The molecule has 0 atom stereocenters. The van der Waals surface area contributed by atoms with Gasteiger partial charge in [0.05, 0.1) is 12.7 Å². The smallest absolute Gasteiger partial charge is 0.330 e. The van der Waals surface area contributed by atoms with Crippen molar-refractivity contribution in [1.82, 2.24) is 0 Å². The van der Waals surface area contributed by atoms with Gasteiger partial charge in [0.25, 0.3) is 0 Å². The number of nitrogens with two attached hydrogens (primary N) is 1. The van der Waals surface area contributed by atoms with Crippen molar-refractivity contribution in [3.63, 3.8) is 0 Å². The third-order valence-electron chi connectivity index (χ3n) is 1.47. The first kappa shape index (κ1) is 8.93. The van der Waals surface area contributed by atoms with Crippen LogP contribution >= 0.6 is 0 Å². The first-order valence-electron chi connectivity index (χ1n) is 3.36. The summed E-state index contributed by atoms with van der Waals surface area (Å²) in [4.78, 5) is 0. The van der Waals surface area contributed by atoms with Crippen molar-refractivity contribution in [3.8, 4) is 5.75 Å². The highest BCUT2D eigenvalue weighted by Gasteiger charge is 2.28. The van der Waals surface area contributed by atoms with E-state index in [4.69, 9.17) is 4.74 Å². The van der Waals surface area contributed by atoms with E-state index in [1.807, 2.05) is 0 Å². The zero-order chi connectivity index (χ0) is 9.19. The van der Waals surface area contributed by atoms with Gasteiger partial charge in [0.2, 0.25) is 0 Å². The maximum Gasteiger partial charge on any atom is 0.330 e. The van der Waals surface area contributed by atoms with Crippen LogP contribution in [0.1, 0.15) is 5.56 Å². The molecule has 0 saturated heterocycles. The molecule has 2 nitrogen and oxygen atoms in total. The van der Waals surface area contributed by atoms with Crippen molar-refractivity contribution in [2.24, 2.45) is 5.73 Å². The molecule has 0 saturated carbocycles. The van der Waals surface area contributed by atoms with E-state index in [0.29, 0.717) is 0 Å². The average Bonchev–Trinajstić information content (AvgIpc) is 2.03. The van der Waals surface area contributed by atoms with Gasteiger partial charge in [-0.25, -0.2) is 0 Å². The number of para-hydroxylation sites is 1. The molecule has 0 radical (unpaired) electrons. The fourth-order valence-electron chi connectivity index (χ4n) is 0.920. The molecule has 1 aromatic carbocycles. The lowest BCUT2D eigenvalue weighted by atomic mass is 10.2. The van der Waals surface area contributed by atoms with E-state index in [9.17, 15) is 8.78 Å². The molecule has 2 N–H and O–H groups in total. The molecule has 0 aliphatic rings. The van der Waals surface area contributed by atoms with E-state index in [0.717, 1.165) is 0 Å². The normalized spacial score (nSPS) is 11.3. The number of hydrogen-bond acceptors (Lipinski definition) is 2. The molecule has 66 valence electrons. The predicted octanol–water partition coefficient (Wildman–Crippen LogP) is 1.70. The van der Waals surface area contributed by atoms with Gasteiger partial charge in [0.15, 0.2) is 0 Å². The lowest BCUT2D eigenvalue weighted by Gasteiger charge is -2.13. The fraction of sp³-hybridized carbons (Fsp3) is 0.250. The van der Waals surface area contributed by atoms with E-state index in [-0.39, 0.29) is 11.3 Å². The second-order valence-electron chi connectivity index (χ2n) is 2.32. The van der Waals surface area contributed by atoms with E-state index < -0.39 is 6.05 Å². The molecule has 12 heavy (non-hydrogen) atoms. The summed E-state index contributed by atoms with van der Waals surface area (Å²) in [5, 5.41) is 0. The summed E-state index contributed by atoms with van der Waals surface area (Å²) in [6.07, 6.45) is 0. The Balaban J connectivity index is 3.14. The maximum absolute atomic E-state index is 12.6. The third kappa shape index (κ3) is 1.71. The Morgan fingerprint density at radius 2 is 1.92 bits per heavy atom. The quantitative estimate of drug-likeness (QED) is 0.691. The van der Waals surface area contributed by atoms with Crippen LogP contribution < -0.4 is 10.5 Å². The maximum atomic E-state index is 12.6. The molecule has 0 aliphatic heterocycles. The van der Waals surface area contributed by atoms with Crippen LogP contribution in [0.25, 0.3) is 0 Å². The van der Waals surface area contributed by atoms with E-state index in [1.54, 1.807) is 6.07 Å². The van der Waals surface area contributed by atoms with Crippen molar-refractivity contribution < 1.29 is 13.5 Å². The molecule has 0 fully saturated rings. The first-order valence-corrected chi connectivity index (χ1v) is 3.36. The van der Waals surface area contributed by atoms with Crippen LogP contribution in [-0.2, 0) is 6.05 Å². The zero-order valence-corrected chi connectivity index (χ0v) is 6.55. The topological polar surface area (TPSA) is 35.2 Å². The van der Waals surface area contributed by atoms with Crippen LogP contribution in [0, 0.1) is 0 Å². The summed E-state index contributed by atoms with van der Waals surface area (Å²) in [5.74, 6) is 0.102. The molecule has 4 heteroatoms. The van der Waals surface area contributed by atoms with Crippen molar-refractivity contribution in [3.05, 3.63) is 29.8 Å². The number of benzene rings is 1. The molecular formula is C8H9F2NO. The van der Waals surface area contributed by atoms with Crippen molar-refractivity contribution in [2.75, 3.05) is 7.11 Å². The standard InChI is InChI=1S/C8H9F2NO/c1-12-7-5-3-2-4-6(7)8(9,10)11/h2-5H,11H2,1H3. The van der Waals surface area contributed by atoms with Crippen LogP contribution in [0.4, 0.5) is 8.78 Å². The number of hydrogen-bond donors (Lipinski definition) is 1. The van der Waals surface area contributed by atoms with Crippen LogP contribution in [0.2, 0.25) is 0 Å². The SMILES string of the molecule is COc1ccccc1C(N)(F)F. The third-order valence-corrected chi connectivity index (χ3v) is 1.47. The largest absolute Gasteiger partial charge is 0.496 e. The van der Waals surface area contributed by atoms with Gasteiger partial charge in [-0.1, -0.05) is 12.1 Å². The number of ether oxygens (including phenoxy) is 1. The lowest BCUT2D eigenvalue weighted by Crippen LogP contribution is -2.25. The zero-order valence-electron chi connectivity index (χ0n) is 6.55. The van der Waals surface area contributed by atoms with Crippen LogP contribution in [0.5, 0.6) is 5.75 Å². The Bertz CT molecular complexity index is 270. The Morgan fingerprint density at radius 3 is 2.33 bits per heavy atom. The summed E-state index contributed by atoms with van der Waals surface area (Å²) >= 11 is 0. The summed E-state index contributed by atoms with van der Waals surface area (Å²) < 4.78 is 29.9. The summed E-state index contributed by atoms with van der Waals surface area (Å²) in [7, 11) is 1.32. The number of alkyl halides is 2. The van der Waals surface area contributed by atoms with Crippen LogP contribution in [0.3, 0.4) is 0 Å². The molecule has 1 rings (SSSR count). The predicted molar refractivity (Wildman–Crippen MR) is 41.1 cm³/mol. The highest BCUT2D eigenvalue weighted by atomic mass is 19.3.